The predicted molar refractivity (Wildman–Crippen MR) is 79.5 cm³/mol. The van der Waals surface area contributed by atoms with E-state index < -0.39 is 0 Å². The van der Waals surface area contributed by atoms with Gasteiger partial charge in [0.1, 0.15) is 0 Å². The number of aryl methyl sites for hydroxylation is 3. The number of carbonyl (C=O) groups is 1. The highest BCUT2D eigenvalue weighted by Gasteiger charge is 2.15. The van der Waals surface area contributed by atoms with Gasteiger partial charge in [0.05, 0.1) is 10.7 Å². The lowest BCUT2D eigenvalue weighted by molar-refractivity contribution is -0.121. The Morgan fingerprint density at radius 2 is 2.16 bits per heavy atom. The predicted octanol–water partition coefficient (Wildman–Crippen LogP) is 3.12. The van der Waals surface area contributed by atoms with Crippen LogP contribution in [0.2, 0.25) is 0 Å². The molecule has 19 heavy (non-hydrogen) atoms. The molecule has 3 nitrogen and oxygen atoms in total. The summed E-state index contributed by atoms with van der Waals surface area (Å²) in [5.74, 6) is 0.805. The molecule has 0 saturated heterocycles. The third kappa shape index (κ3) is 4.60. The number of nitrogens with zero attached hydrogens (tertiary/aromatic N) is 1. The quantitative estimate of drug-likeness (QED) is 0.870. The van der Waals surface area contributed by atoms with E-state index in [2.05, 4.69) is 24.1 Å². The first-order chi connectivity index (χ1) is 9.15. The van der Waals surface area contributed by atoms with Crippen LogP contribution in [-0.2, 0) is 24.1 Å². The molecular formula is C15H24N2OS. The average molecular weight is 280 g/mol. The van der Waals surface area contributed by atoms with Crippen LogP contribution in [0.25, 0.3) is 0 Å². The molecule has 1 aromatic heterocycles. The molecule has 1 aliphatic rings. The van der Waals surface area contributed by atoms with E-state index in [-0.39, 0.29) is 5.91 Å². The highest BCUT2D eigenvalue weighted by atomic mass is 32.1. The molecule has 1 heterocycles. The molecule has 0 bridgehead atoms. The van der Waals surface area contributed by atoms with Crippen molar-refractivity contribution >= 4 is 17.2 Å². The number of thiazole rings is 1. The second-order valence-corrected chi connectivity index (χ2v) is 6.89. The Morgan fingerprint density at radius 3 is 2.89 bits per heavy atom. The number of amides is 1. The molecule has 0 atom stereocenters. The van der Waals surface area contributed by atoms with Crippen molar-refractivity contribution < 1.29 is 4.79 Å². The monoisotopic (exact) mass is 280 g/mol. The van der Waals surface area contributed by atoms with E-state index in [1.165, 1.54) is 29.8 Å². The molecule has 0 aliphatic heterocycles. The van der Waals surface area contributed by atoms with Gasteiger partial charge in [-0.3, -0.25) is 4.79 Å². The van der Waals surface area contributed by atoms with Crippen LogP contribution in [0.4, 0.5) is 0 Å². The molecule has 1 aliphatic carbocycles. The number of nitrogens with one attached hydrogen (secondary N) is 1. The number of rotatable bonds is 6. The lowest BCUT2D eigenvalue weighted by Gasteiger charge is -2.06. The van der Waals surface area contributed by atoms with Crippen LogP contribution in [0.15, 0.2) is 0 Å². The Kier molecular flexibility index (Phi) is 5.37. The summed E-state index contributed by atoms with van der Waals surface area (Å²) in [5, 5.41) is 4.13. The first-order valence-electron chi connectivity index (χ1n) is 7.39. The topological polar surface area (TPSA) is 42.0 Å². The molecule has 4 heteroatoms. The molecule has 0 aromatic carbocycles. The van der Waals surface area contributed by atoms with E-state index in [0.717, 1.165) is 30.8 Å². The Balaban J connectivity index is 1.72. The second-order valence-electron chi connectivity index (χ2n) is 5.72. The van der Waals surface area contributed by atoms with Gasteiger partial charge in [-0.1, -0.05) is 13.8 Å². The Morgan fingerprint density at radius 1 is 1.37 bits per heavy atom. The maximum atomic E-state index is 11.7. The second kappa shape index (κ2) is 7.04. The molecule has 106 valence electrons. The number of aromatic nitrogens is 1. The number of fused-ring (bicyclic) bond motifs is 1. The summed E-state index contributed by atoms with van der Waals surface area (Å²) in [5.41, 5.74) is 1.30. The zero-order valence-electron chi connectivity index (χ0n) is 12.0. The maximum Gasteiger partial charge on any atom is 0.220 e. The van der Waals surface area contributed by atoms with E-state index in [9.17, 15) is 4.79 Å². The van der Waals surface area contributed by atoms with Gasteiger partial charge < -0.3 is 5.32 Å². The van der Waals surface area contributed by atoms with Crippen LogP contribution < -0.4 is 5.32 Å². The molecule has 1 N–H and O–H groups in total. The van der Waals surface area contributed by atoms with Crippen LogP contribution in [0.3, 0.4) is 0 Å². The van der Waals surface area contributed by atoms with Gasteiger partial charge >= 0.3 is 0 Å². The zero-order valence-corrected chi connectivity index (χ0v) is 12.8. The van der Waals surface area contributed by atoms with Gasteiger partial charge in [-0.25, -0.2) is 4.98 Å². The minimum atomic E-state index is 0.161. The normalized spacial score (nSPS) is 14.5. The SMILES string of the molecule is CC(C)CCNC(=O)CCc1nc2c(s1)CCCC2. The van der Waals surface area contributed by atoms with E-state index in [0.29, 0.717) is 12.3 Å². The van der Waals surface area contributed by atoms with Crippen LogP contribution in [0.5, 0.6) is 0 Å². The zero-order chi connectivity index (χ0) is 13.7. The fraction of sp³-hybridized carbons (Fsp3) is 0.733. The van der Waals surface area contributed by atoms with E-state index in [1.54, 1.807) is 0 Å². The van der Waals surface area contributed by atoms with E-state index in [4.69, 9.17) is 0 Å². The van der Waals surface area contributed by atoms with Crippen LogP contribution >= 0.6 is 11.3 Å². The van der Waals surface area contributed by atoms with Gasteiger partial charge in [0.15, 0.2) is 0 Å². The molecule has 0 fully saturated rings. The average Bonchev–Trinajstić information content (AvgIpc) is 2.78. The van der Waals surface area contributed by atoms with Crippen LogP contribution in [0.1, 0.15) is 55.1 Å². The number of carbonyl (C=O) groups excluding carboxylic acids is 1. The number of hydrogen-bond acceptors (Lipinski definition) is 3. The summed E-state index contributed by atoms with van der Waals surface area (Å²) >= 11 is 1.81. The van der Waals surface area contributed by atoms with Gasteiger partial charge in [0.25, 0.3) is 0 Å². The summed E-state index contributed by atoms with van der Waals surface area (Å²) in [6.07, 6.45) is 7.31. The minimum absolute atomic E-state index is 0.161. The summed E-state index contributed by atoms with van der Waals surface area (Å²) in [6.45, 7) is 5.14. The Labute approximate surface area is 119 Å². The third-order valence-corrected chi connectivity index (χ3v) is 4.72. The van der Waals surface area contributed by atoms with Gasteiger partial charge in [-0.15, -0.1) is 11.3 Å². The maximum absolute atomic E-state index is 11.7. The summed E-state index contributed by atoms with van der Waals surface area (Å²) in [6, 6.07) is 0. The van der Waals surface area contributed by atoms with E-state index >= 15 is 0 Å². The van der Waals surface area contributed by atoms with Gasteiger partial charge in [-0.2, -0.15) is 0 Å². The van der Waals surface area contributed by atoms with Gasteiger partial charge in [-0.05, 0) is 38.0 Å². The van der Waals surface area contributed by atoms with Crippen LogP contribution in [-0.4, -0.2) is 17.4 Å². The standard InChI is InChI=1S/C15H24N2OS/c1-11(2)9-10-16-14(18)7-8-15-17-12-5-3-4-6-13(12)19-15/h11H,3-10H2,1-2H3,(H,16,18). The van der Waals surface area contributed by atoms with Crippen molar-refractivity contribution in [2.45, 2.75) is 58.8 Å². The lowest BCUT2D eigenvalue weighted by Crippen LogP contribution is -2.25. The molecular weight excluding hydrogens is 256 g/mol. The summed E-state index contributed by atoms with van der Waals surface area (Å²) < 4.78 is 0. The molecule has 1 aromatic rings. The van der Waals surface area contributed by atoms with Crippen molar-refractivity contribution in [1.82, 2.24) is 10.3 Å². The van der Waals surface area contributed by atoms with Crippen molar-refractivity contribution in [1.29, 1.82) is 0 Å². The molecule has 2 rings (SSSR count). The fourth-order valence-corrected chi connectivity index (χ4v) is 3.48. The molecule has 0 unspecified atom stereocenters. The largest absolute Gasteiger partial charge is 0.356 e. The summed E-state index contributed by atoms with van der Waals surface area (Å²) in [7, 11) is 0. The molecule has 0 saturated carbocycles. The van der Waals surface area contributed by atoms with E-state index in [1.807, 2.05) is 11.3 Å². The van der Waals surface area contributed by atoms with Crippen molar-refractivity contribution in [2.75, 3.05) is 6.54 Å². The minimum Gasteiger partial charge on any atom is -0.356 e. The Bertz CT molecular complexity index is 402. The fourth-order valence-electron chi connectivity index (χ4n) is 2.32. The van der Waals surface area contributed by atoms with Crippen molar-refractivity contribution in [3.05, 3.63) is 15.6 Å². The van der Waals surface area contributed by atoms with Crippen LogP contribution in [0, 0.1) is 5.92 Å². The Hall–Kier alpha value is -0.900. The highest BCUT2D eigenvalue weighted by Crippen LogP contribution is 2.27. The van der Waals surface area contributed by atoms with Crippen molar-refractivity contribution in [2.24, 2.45) is 5.92 Å². The smallest absolute Gasteiger partial charge is 0.220 e. The first-order valence-corrected chi connectivity index (χ1v) is 8.21. The summed E-state index contributed by atoms with van der Waals surface area (Å²) in [4.78, 5) is 17.8. The highest BCUT2D eigenvalue weighted by molar-refractivity contribution is 7.11. The third-order valence-electron chi connectivity index (χ3n) is 3.50. The molecule has 1 amide bonds. The first kappa shape index (κ1) is 14.5. The molecule has 0 radical (unpaired) electrons. The van der Waals surface area contributed by atoms with Crippen molar-refractivity contribution in [3.8, 4) is 0 Å². The van der Waals surface area contributed by atoms with Crippen molar-refractivity contribution in [3.63, 3.8) is 0 Å². The molecule has 0 spiro atoms. The number of hydrogen-bond donors (Lipinski definition) is 1. The van der Waals surface area contributed by atoms with Gasteiger partial charge in [0, 0.05) is 24.3 Å². The van der Waals surface area contributed by atoms with Gasteiger partial charge in [0.2, 0.25) is 5.91 Å². The lowest BCUT2D eigenvalue weighted by atomic mass is 10.0.